The van der Waals surface area contributed by atoms with E-state index in [-0.39, 0.29) is 18.3 Å². The number of nitrogens with two attached hydrogens (primary N) is 1. The van der Waals surface area contributed by atoms with Gasteiger partial charge in [-0.15, -0.1) is 12.4 Å². The third kappa shape index (κ3) is 5.73. The second-order valence-electron chi connectivity index (χ2n) is 5.21. The first-order valence-electron chi connectivity index (χ1n) is 7.67. The largest absolute Gasteiger partial charge is 0.495 e. The van der Waals surface area contributed by atoms with E-state index in [1.54, 1.807) is 25.3 Å². The second kappa shape index (κ2) is 9.77. The van der Waals surface area contributed by atoms with Gasteiger partial charge in [-0.2, -0.15) is 4.98 Å². The molecule has 0 spiro atoms. The standard InChI is InChI=1S/C16H22N4O3.ClH/c1-3-5-14-19-16(23-20-14)7-4-6-15(21)18-11-8-9-13(22-2)12(17)10-11;/h8-10H,3-7,17H2,1-2H3,(H,18,21);1H. The van der Waals surface area contributed by atoms with Gasteiger partial charge in [-0.3, -0.25) is 4.79 Å². The average molecular weight is 355 g/mol. The second-order valence-corrected chi connectivity index (χ2v) is 5.21. The van der Waals surface area contributed by atoms with Gasteiger partial charge in [-0.25, -0.2) is 0 Å². The average Bonchev–Trinajstić information content (AvgIpc) is 2.95. The molecule has 132 valence electrons. The van der Waals surface area contributed by atoms with Crippen LogP contribution in [0.1, 0.15) is 37.9 Å². The predicted octanol–water partition coefficient (Wildman–Crippen LogP) is 3.00. The van der Waals surface area contributed by atoms with Crippen LogP contribution in [-0.4, -0.2) is 23.2 Å². The molecule has 0 bridgehead atoms. The number of benzene rings is 1. The molecule has 1 aromatic heterocycles. The minimum atomic E-state index is -0.0807. The summed E-state index contributed by atoms with van der Waals surface area (Å²) in [6.07, 6.45) is 3.40. The molecule has 0 saturated carbocycles. The fourth-order valence-electron chi connectivity index (χ4n) is 2.15. The van der Waals surface area contributed by atoms with Crippen molar-refractivity contribution in [3.05, 3.63) is 29.9 Å². The normalized spacial score (nSPS) is 10.1. The number of anilines is 2. The zero-order chi connectivity index (χ0) is 16.7. The summed E-state index contributed by atoms with van der Waals surface area (Å²) in [4.78, 5) is 16.2. The molecule has 7 nitrogen and oxygen atoms in total. The maximum absolute atomic E-state index is 11.9. The van der Waals surface area contributed by atoms with Crippen LogP contribution in [0.5, 0.6) is 5.75 Å². The SMILES string of the molecule is CCCc1noc(CCCC(=O)Nc2ccc(OC)c(N)c2)n1.Cl. The number of amides is 1. The minimum absolute atomic E-state index is 0. The van der Waals surface area contributed by atoms with Gasteiger partial charge in [-0.1, -0.05) is 12.1 Å². The maximum atomic E-state index is 11.9. The number of nitrogens with zero attached hydrogens (tertiary/aromatic N) is 2. The Morgan fingerprint density at radius 1 is 1.38 bits per heavy atom. The van der Waals surface area contributed by atoms with Crippen LogP contribution in [0, 0.1) is 0 Å². The van der Waals surface area contributed by atoms with Crippen LogP contribution < -0.4 is 15.8 Å². The van der Waals surface area contributed by atoms with Gasteiger partial charge in [0, 0.05) is 24.9 Å². The van der Waals surface area contributed by atoms with Crippen LogP contribution in [-0.2, 0) is 17.6 Å². The summed E-state index contributed by atoms with van der Waals surface area (Å²) < 4.78 is 10.2. The van der Waals surface area contributed by atoms with E-state index in [1.165, 1.54) is 0 Å². The van der Waals surface area contributed by atoms with Gasteiger partial charge >= 0.3 is 0 Å². The highest BCUT2D eigenvalue weighted by Gasteiger charge is 2.08. The number of ether oxygens (including phenoxy) is 1. The van der Waals surface area contributed by atoms with Crippen molar-refractivity contribution >= 4 is 29.7 Å². The summed E-state index contributed by atoms with van der Waals surface area (Å²) in [5.74, 6) is 1.81. The lowest BCUT2D eigenvalue weighted by molar-refractivity contribution is -0.116. The molecule has 24 heavy (non-hydrogen) atoms. The summed E-state index contributed by atoms with van der Waals surface area (Å²) in [7, 11) is 1.55. The van der Waals surface area contributed by atoms with Crippen molar-refractivity contribution in [2.75, 3.05) is 18.2 Å². The predicted molar refractivity (Wildman–Crippen MR) is 94.5 cm³/mol. The molecule has 8 heteroatoms. The Morgan fingerprint density at radius 2 is 2.17 bits per heavy atom. The van der Waals surface area contributed by atoms with Crippen LogP contribution in [0.25, 0.3) is 0 Å². The molecule has 1 heterocycles. The number of hydrogen-bond donors (Lipinski definition) is 2. The van der Waals surface area contributed by atoms with Gasteiger partial charge in [0.15, 0.2) is 5.82 Å². The molecule has 0 aliphatic carbocycles. The molecule has 2 aromatic rings. The number of nitrogens with one attached hydrogen (secondary N) is 1. The van der Waals surface area contributed by atoms with E-state index < -0.39 is 0 Å². The Hall–Kier alpha value is -2.28. The number of aromatic nitrogens is 2. The first-order chi connectivity index (χ1) is 11.1. The van der Waals surface area contributed by atoms with Gasteiger partial charge in [0.25, 0.3) is 0 Å². The zero-order valence-corrected chi connectivity index (χ0v) is 14.7. The molecular formula is C16H23ClN4O3. The highest BCUT2D eigenvalue weighted by molar-refractivity contribution is 5.91. The molecule has 0 atom stereocenters. The Kier molecular flexibility index (Phi) is 8.05. The molecule has 3 N–H and O–H groups in total. The number of carbonyl (C=O) groups excluding carboxylic acids is 1. The molecule has 0 aliphatic heterocycles. The molecule has 0 unspecified atom stereocenters. The number of carbonyl (C=O) groups is 1. The molecule has 1 amide bonds. The maximum Gasteiger partial charge on any atom is 0.226 e. The molecule has 0 saturated heterocycles. The van der Waals surface area contributed by atoms with Crippen molar-refractivity contribution < 1.29 is 14.1 Å². The van der Waals surface area contributed by atoms with Crippen molar-refractivity contribution in [1.82, 2.24) is 10.1 Å². The summed E-state index contributed by atoms with van der Waals surface area (Å²) >= 11 is 0. The van der Waals surface area contributed by atoms with E-state index in [0.29, 0.717) is 42.3 Å². The van der Waals surface area contributed by atoms with Gasteiger partial charge in [-0.05, 0) is 31.0 Å². The van der Waals surface area contributed by atoms with Crippen LogP contribution in [0.4, 0.5) is 11.4 Å². The number of methoxy groups -OCH3 is 1. The van der Waals surface area contributed by atoms with E-state index in [9.17, 15) is 4.79 Å². The molecule has 1 aromatic carbocycles. The number of nitrogen functional groups attached to an aromatic ring is 1. The lowest BCUT2D eigenvalue weighted by atomic mass is 10.2. The van der Waals surface area contributed by atoms with Crippen molar-refractivity contribution in [1.29, 1.82) is 0 Å². The Morgan fingerprint density at radius 3 is 2.83 bits per heavy atom. The summed E-state index contributed by atoms with van der Waals surface area (Å²) in [6.45, 7) is 2.06. The van der Waals surface area contributed by atoms with Gasteiger partial charge in [0.2, 0.25) is 11.8 Å². The van der Waals surface area contributed by atoms with Crippen molar-refractivity contribution in [3.63, 3.8) is 0 Å². The van der Waals surface area contributed by atoms with Crippen LogP contribution in [0.15, 0.2) is 22.7 Å². The Labute approximate surface area is 147 Å². The van der Waals surface area contributed by atoms with Crippen molar-refractivity contribution in [2.45, 2.75) is 39.0 Å². The van der Waals surface area contributed by atoms with E-state index in [2.05, 4.69) is 22.4 Å². The van der Waals surface area contributed by atoms with Gasteiger partial charge in [0.1, 0.15) is 5.75 Å². The Balaban J connectivity index is 0.00000288. The highest BCUT2D eigenvalue weighted by Crippen LogP contribution is 2.24. The molecule has 0 aliphatic rings. The smallest absolute Gasteiger partial charge is 0.226 e. The number of hydrogen-bond acceptors (Lipinski definition) is 6. The van der Waals surface area contributed by atoms with Gasteiger partial charge < -0.3 is 20.3 Å². The van der Waals surface area contributed by atoms with Crippen LogP contribution >= 0.6 is 12.4 Å². The number of rotatable bonds is 8. The Bertz CT molecular complexity index is 661. The molecule has 0 radical (unpaired) electrons. The van der Waals surface area contributed by atoms with E-state index >= 15 is 0 Å². The lowest BCUT2D eigenvalue weighted by Crippen LogP contribution is -2.11. The first-order valence-corrected chi connectivity index (χ1v) is 7.67. The molecule has 0 fully saturated rings. The van der Waals surface area contributed by atoms with Crippen molar-refractivity contribution in [3.8, 4) is 5.75 Å². The topological polar surface area (TPSA) is 103 Å². The number of halogens is 1. The summed E-state index contributed by atoms with van der Waals surface area (Å²) in [5.41, 5.74) is 6.94. The third-order valence-corrected chi connectivity index (χ3v) is 3.29. The monoisotopic (exact) mass is 354 g/mol. The van der Waals surface area contributed by atoms with E-state index in [1.807, 2.05) is 0 Å². The molecule has 2 rings (SSSR count). The molecular weight excluding hydrogens is 332 g/mol. The van der Waals surface area contributed by atoms with Crippen LogP contribution in [0.3, 0.4) is 0 Å². The quantitative estimate of drug-likeness (QED) is 0.706. The highest BCUT2D eigenvalue weighted by atomic mass is 35.5. The van der Waals surface area contributed by atoms with E-state index in [4.69, 9.17) is 15.0 Å². The number of aryl methyl sites for hydroxylation is 2. The fourth-order valence-corrected chi connectivity index (χ4v) is 2.15. The third-order valence-electron chi connectivity index (χ3n) is 3.29. The van der Waals surface area contributed by atoms with Crippen LogP contribution in [0.2, 0.25) is 0 Å². The summed E-state index contributed by atoms with van der Waals surface area (Å²) in [5, 5.41) is 6.69. The van der Waals surface area contributed by atoms with Gasteiger partial charge in [0.05, 0.1) is 12.8 Å². The summed E-state index contributed by atoms with van der Waals surface area (Å²) in [6, 6.07) is 5.15. The lowest BCUT2D eigenvalue weighted by Gasteiger charge is -2.08. The van der Waals surface area contributed by atoms with Crippen molar-refractivity contribution in [2.24, 2.45) is 0 Å². The minimum Gasteiger partial charge on any atom is -0.495 e. The fraction of sp³-hybridized carbons (Fsp3) is 0.438. The van der Waals surface area contributed by atoms with E-state index in [0.717, 1.165) is 18.7 Å². The first kappa shape index (κ1) is 19.8. The zero-order valence-electron chi connectivity index (χ0n) is 13.9.